The van der Waals surface area contributed by atoms with Gasteiger partial charge >= 0.3 is 0 Å². The zero-order valence-corrected chi connectivity index (χ0v) is 12.0. The molecule has 16 heavy (non-hydrogen) atoms. The Morgan fingerprint density at radius 1 is 1.31 bits per heavy atom. The molecule has 1 aromatic heterocycles. The van der Waals surface area contributed by atoms with Crippen LogP contribution in [0.1, 0.15) is 50.0 Å². The normalized spacial score (nSPS) is 16.7. The van der Waals surface area contributed by atoms with Crippen molar-refractivity contribution in [1.82, 2.24) is 9.97 Å². The number of aryl methyl sites for hydroxylation is 1. The lowest BCUT2D eigenvalue weighted by molar-refractivity contribution is 0.684. The Bertz CT molecular complexity index is 373. The van der Waals surface area contributed by atoms with Crippen molar-refractivity contribution >= 4 is 28.4 Å². The zero-order valence-electron chi connectivity index (χ0n) is 9.89. The van der Waals surface area contributed by atoms with Crippen LogP contribution in [0.5, 0.6) is 0 Å². The van der Waals surface area contributed by atoms with E-state index in [2.05, 4.69) is 44.8 Å². The van der Waals surface area contributed by atoms with Crippen LogP contribution < -0.4 is 5.32 Å². The Morgan fingerprint density at radius 2 is 2.00 bits per heavy atom. The van der Waals surface area contributed by atoms with Crippen LogP contribution in [0, 0.1) is 10.5 Å². The van der Waals surface area contributed by atoms with Crippen molar-refractivity contribution in [3.63, 3.8) is 0 Å². The quantitative estimate of drug-likeness (QED) is 0.862. The van der Waals surface area contributed by atoms with Gasteiger partial charge in [0, 0.05) is 12.5 Å². The molecule has 0 aliphatic heterocycles. The summed E-state index contributed by atoms with van der Waals surface area (Å²) in [7, 11) is 0. The van der Waals surface area contributed by atoms with E-state index in [4.69, 9.17) is 0 Å². The molecule has 0 unspecified atom stereocenters. The molecule has 0 bridgehead atoms. The summed E-state index contributed by atoms with van der Waals surface area (Å²) in [5.41, 5.74) is 1.27. The van der Waals surface area contributed by atoms with Gasteiger partial charge in [-0.05, 0) is 49.3 Å². The second-order valence-corrected chi connectivity index (χ2v) is 5.41. The van der Waals surface area contributed by atoms with Crippen molar-refractivity contribution < 1.29 is 0 Å². The van der Waals surface area contributed by atoms with Gasteiger partial charge in [0.2, 0.25) is 0 Å². The SMILES string of the molecule is CCNc1nc(C)nc(C2CCCC2)c1I. The molecule has 4 heteroatoms. The van der Waals surface area contributed by atoms with Crippen LogP contribution in [0.25, 0.3) is 0 Å². The van der Waals surface area contributed by atoms with Gasteiger partial charge in [-0.3, -0.25) is 0 Å². The maximum Gasteiger partial charge on any atom is 0.143 e. The minimum absolute atomic E-state index is 0.658. The van der Waals surface area contributed by atoms with Gasteiger partial charge in [-0.1, -0.05) is 12.8 Å². The molecule has 88 valence electrons. The van der Waals surface area contributed by atoms with Gasteiger partial charge in [-0.2, -0.15) is 0 Å². The van der Waals surface area contributed by atoms with Gasteiger partial charge in [-0.15, -0.1) is 0 Å². The molecule has 0 radical (unpaired) electrons. The number of hydrogen-bond donors (Lipinski definition) is 1. The first-order valence-corrected chi connectivity index (χ1v) is 7.08. The van der Waals surface area contributed by atoms with Crippen molar-refractivity contribution in [2.45, 2.75) is 45.4 Å². The highest BCUT2D eigenvalue weighted by Gasteiger charge is 2.23. The van der Waals surface area contributed by atoms with Crippen molar-refractivity contribution in [1.29, 1.82) is 0 Å². The molecule has 0 spiro atoms. The number of nitrogens with one attached hydrogen (secondary N) is 1. The summed E-state index contributed by atoms with van der Waals surface area (Å²) in [5, 5.41) is 3.32. The van der Waals surface area contributed by atoms with Crippen LogP contribution in [0.15, 0.2) is 0 Å². The predicted octanol–water partition coefficient (Wildman–Crippen LogP) is 3.48. The minimum Gasteiger partial charge on any atom is -0.369 e. The van der Waals surface area contributed by atoms with E-state index in [1.165, 1.54) is 34.9 Å². The van der Waals surface area contributed by atoms with E-state index in [0.717, 1.165) is 18.2 Å². The summed E-state index contributed by atoms with van der Waals surface area (Å²) in [5.74, 6) is 2.56. The standard InChI is InChI=1S/C12H18IN3/c1-3-14-12-10(13)11(15-8(2)16-12)9-6-4-5-7-9/h9H,3-7H2,1-2H3,(H,14,15,16). The molecule has 3 nitrogen and oxygen atoms in total. The lowest BCUT2D eigenvalue weighted by Crippen LogP contribution is -2.10. The molecule has 0 atom stereocenters. The fraction of sp³-hybridized carbons (Fsp3) is 0.667. The van der Waals surface area contributed by atoms with Crippen LogP contribution in [0.2, 0.25) is 0 Å². The summed E-state index contributed by atoms with van der Waals surface area (Å²) in [6, 6.07) is 0. The van der Waals surface area contributed by atoms with Gasteiger partial charge in [0.05, 0.1) is 9.26 Å². The Labute approximate surface area is 111 Å². The highest BCUT2D eigenvalue weighted by atomic mass is 127. The maximum absolute atomic E-state index is 4.64. The average Bonchev–Trinajstić information content (AvgIpc) is 2.76. The number of aromatic nitrogens is 2. The van der Waals surface area contributed by atoms with Crippen LogP contribution in [0.3, 0.4) is 0 Å². The third-order valence-corrected chi connectivity index (χ3v) is 4.14. The third kappa shape index (κ3) is 2.47. The predicted molar refractivity (Wildman–Crippen MR) is 74.9 cm³/mol. The second-order valence-electron chi connectivity index (χ2n) is 4.33. The van der Waals surface area contributed by atoms with E-state index in [-0.39, 0.29) is 0 Å². The molecule has 1 heterocycles. The Hall–Kier alpha value is -0.390. The van der Waals surface area contributed by atoms with E-state index in [1.807, 2.05) is 6.92 Å². The van der Waals surface area contributed by atoms with Crippen molar-refractivity contribution in [2.75, 3.05) is 11.9 Å². The fourth-order valence-electron chi connectivity index (χ4n) is 2.33. The molecule has 1 aromatic rings. The first-order valence-electron chi connectivity index (χ1n) is 6.00. The molecular weight excluding hydrogens is 313 g/mol. The Morgan fingerprint density at radius 3 is 2.62 bits per heavy atom. The van der Waals surface area contributed by atoms with Gasteiger partial charge in [0.15, 0.2) is 0 Å². The number of anilines is 1. The molecule has 1 aliphatic carbocycles. The molecule has 0 amide bonds. The summed E-state index contributed by atoms with van der Waals surface area (Å²) >= 11 is 2.38. The van der Waals surface area contributed by atoms with Crippen LogP contribution >= 0.6 is 22.6 Å². The summed E-state index contributed by atoms with van der Waals surface area (Å²) < 4.78 is 1.22. The van der Waals surface area contributed by atoms with E-state index >= 15 is 0 Å². The van der Waals surface area contributed by atoms with Crippen molar-refractivity contribution in [3.8, 4) is 0 Å². The topological polar surface area (TPSA) is 37.8 Å². The van der Waals surface area contributed by atoms with Crippen molar-refractivity contribution in [3.05, 3.63) is 15.1 Å². The largest absolute Gasteiger partial charge is 0.369 e. The van der Waals surface area contributed by atoms with Crippen LogP contribution in [0.4, 0.5) is 5.82 Å². The summed E-state index contributed by atoms with van der Waals surface area (Å²) in [6.07, 6.45) is 5.27. The van der Waals surface area contributed by atoms with Gasteiger partial charge < -0.3 is 5.32 Å². The summed E-state index contributed by atoms with van der Waals surface area (Å²) in [4.78, 5) is 9.10. The first-order chi connectivity index (χ1) is 7.72. The van der Waals surface area contributed by atoms with Gasteiger partial charge in [0.25, 0.3) is 0 Å². The van der Waals surface area contributed by atoms with E-state index in [1.54, 1.807) is 0 Å². The Balaban J connectivity index is 2.35. The summed E-state index contributed by atoms with van der Waals surface area (Å²) in [6.45, 7) is 4.99. The lowest BCUT2D eigenvalue weighted by atomic mass is 10.0. The van der Waals surface area contributed by atoms with Gasteiger partial charge in [0.1, 0.15) is 11.6 Å². The first kappa shape index (κ1) is 12.1. The molecule has 1 saturated carbocycles. The minimum atomic E-state index is 0.658. The molecule has 1 fully saturated rings. The molecule has 0 saturated heterocycles. The van der Waals surface area contributed by atoms with Crippen LogP contribution in [-0.2, 0) is 0 Å². The maximum atomic E-state index is 4.64. The smallest absolute Gasteiger partial charge is 0.143 e. The zero-order chi connectivity index (χ0) is 11.5. The third-order valence-electron chi connectivity index (χ3n) is 3.07. The lowest BCUT2D eigenvalue weighted by Gasteiger charge is -2.14. The second kappa shape index (κ2) is 5.29. The Kier molecular flexibility index (Phi) is 4.00. The van der Waals surface area contributed by atoms with E-state index < -0.39 is 0 Å². The van der Waals surface area contributed by atoms with E-state index in [0.29, 0.717) is 5.92 Å². The van der Waals surface area contributed by atoms with Gasteiger partial charge in [-0.25, -0.2) is 9.97 Å². The number of hydrogen-bond acceptors (Lipinski definition) is 3. The fourth-order valence-corrected chi connectivity index (χ4v) is 3.21. The molecule has 1 aliphatic rings. The number of nitrogens with zero attached hydrogens (tertiary/aromatic N) is 2. The highest BCUT2D eigenvalue weighted by Crippen LogP contribution is 2.36. The van der Waals surface area contributed by atoms with Crippen LogP contribution in [-0.4, -0.2) is 16.5 Å². The van der Waals surface area contributed by atoms with E-state index in [9.17, 15) is 0 Å². The number of rotatable bonds is 3. The highest BCUT2D eigenvalue weighted by molar-refractivity contribution is 14.1. The molecule has 1 N–H and O–H groups in total. The van der Waals surface area contributed by atoms with Crippen molar-refractivity contribution in [2.24, 2.45) is 0 Å². The average molecular weight is 331 g/mol. The number of halogens is 1. The molecule has 0 aromatic carbocycles. The molecule has 2 rings (SSSR count). The molecular formula is C12H18IN3. The monoisotopic (exact) mass is 331 g/mol.